The van der Waals surface area contributed by atoms with Gasteiger partial charge in [-0.15, -0.1) is 0 Å². The fraction of sp³-hybridized carbons (Fsp3) is 0.688. The minimum absolute atomic E-state index is 0.221. The van der Waals surface area contributed by atoms with Crippen LogP contribution in [-0.2, 0) is 6.42 Å². The number of nitrogens with one attached hydrogen (secondary N) is 1. The monoisotopic (exact) mass is 260 g/mol. The first-order chi connectivity index (χ1) is 8.99. The van der Waals surface area contributed by atoms with E-state index in [1.807, 2.05) is 0 Å². The number of ketones is 1. The topological polar surface area (TPSA) is 36.1 Å². The maximum Gasteiger partial charge on any atom is 0.169 e. The lowest BCUT2D eigenvalue weighted by atomic mass is 9.72. The number of fused-ring (bicyclic) bond motifs is 2. The number of nitrogens with zero attached hydrogens (tertiary/aromatic N) is 1. The van der Waals surface area contributed by atoms with Crippen molar-refractivity contribution < 1.29 is 4.79 Å². The first-order valence-corrected chi connectivity index (χ1v) is 7.43. The molecule has 0 amide bonds. The summed E-state index contributed by atoms with van der Waals surface area (Å²) in [5, 5.41) is 0. The van der Waals surface area contributed by atoms with E-state index >= 15 is 0 Å². The lowest BCUT2D eigenvalue weighted by Gasteiger charge is -2.38. The largest absolute Gasteiger partial charge is 0.362 e. The number of aryl methyl sites for hydroxylation is 1. The second kappa shape index (κ2) is 4.48. The van der Waals surface area contributed by atoms with Crippen molar-refractivity contribution in [3.8, 4) is 0 Å². The highest BCUT2D eigenvalue weighted by Gasteiger charge is 2.41. The van der Waals surface area contributed by atoms with E-state index in [1.165, 1.54) is 17.0 Å². The molecule has 1 aliphatic heterocycles. The molecule has 0 spiro atoms. The van der Waals surface area contributed by atoms with Crippen LogP contribution in [0.15, 0.2) is 0 Å². The van der Waals surface area contributed by atoms with Gasteiger partial charge in [-0.2, -0.15) is 0 Å². The highest BCUT2D eigenvalue weighted by molar-refractivity contribution is 6.02. The van der Waals surface area contributed by atoms with Crippen molar-refractivity contribution in [2.24, 2.45) is 11.8 Å². The second-order valence-corrected chi connectivity index (χ2v) is 6.66. The molecule has 0 bridgehead atoms. The summed E-state index contributed by atoms with van der Waals surface area (Å²) in [5.41, 5.74) is 4.69. The van der Waals surface area contributed by atoms with Gasteiger partial charge in [0.1, 0.15) is 0 Å². The average Bonchev–Trinajstić information content (AvgIpc) is 2.67. The van der Waals surface area contributed by atoms with E-state index in [1.54, 1.807) is 0 Å². The first kappa shape index (κ1) is 12.9. The Morgan fingerprint density at radius 3 is 2.79 bits per heavy atom. The fourth-order valence-corrected chi connectivity index (χ4v) is 4.01. The van der Waals surface area contributed by atoms with Crippen LogP contribution in [0, 0.1) is 18.8 Å². The van der Waals surface area contributed by atoms with Gasteiger partial charge in [-0.3, -0.25) is 4.79 Å². The number of hydrogen-bond donors (Lipinski definition) is 1. The van der Waals surface area contributed by atoms with Crippen LogP contribution in [0.2, 0.25) is 0 Å². The third kappa shape index (κ3) is 1.95. The van der Waals surface area contributed by atoms with Gasteiger partial charge in [-0.25, -0.2) is 0 Å². The Bertz CT molecular complexity index is 515. The van der Waals surface area contributed by atoms with Crippen molar-refractivity contribution in [2.45, 2.75) is 39.5 Å². The number of H-pyrrole nitrogens is 1. The maximum absolute atomic E-state index is 12.9. The summed E-state index contributed by atoms with van der Waals surface area (Å²) < 4.78 is 0. The van der Waals surface area contributed by atoms with Gasteiger partial charge in [-0.1, -0.05) is 13.8 Å². The Hall–Kier alpha value is -1.09. The molecule has 3 heteroatoms. The van der Waals surface area contributed by atoms with Gasteiger partial charge < -0.3 is 9.88 Å². The van der Waals surface area contributed by atoms with Crippen molar-refractivity contribution in [1.29, 1.82) is 0 Å². The zero-order valence-electron chi connectivity index (χ0n) is 12.4. The number of aromatic nitrogens is 1. The molecule has 0 saturated carbocycles. The van der Waals surface area contributed by atoms with Crippen LogP contribution in [-0.4, -0.2) is 35.8 Å². The zero-order chi connectivity index (χ0) is 13.7. The molecular weight excluding hydrogens is 236 g/mol. The highest BCUT2D eigenvalue weighted by Crippen LogP contribution is 2.39. The quantitative estimate of drug-likeness (QED) is 0.843. The molecular formula is C16H24N2O. The summed E-state index contributed by atoms with van der Waals surface area (Å²) in [7, 11) is 2.13. The normalized spacial score (nSPS) is 27.5. The number of rotatable bonds is 1. The van der Waals surface area contributed by atoms with Crippen molar-refractivity contribution in [3.63, 3.8) is 0 Å². The van der Waals surface area contributed by atoms with E-state index in [0.717, 1.165) is 31.5 Å². The van der Waals surface area contributed by atoms with Gasteiger partial charge in [0, 0.05) is 29.4 Å². The lowest BCUT2D eigenvalue weighted by molar-refractivity contribution is 0.0704. The Labute approximate surface area is 115 Å². The molecule has 2 unspecified atom stereocenters. The van der Waals surface area contributed by atoms with E-state index in [0.29, 0.717) is 17.6 Å². The standard InChI is InChI=1S/C16H24N2O/c1-9(2)14-10(3)17-13-7-11-5-6-18(4)8-12(11)16(19)15(13)14/h9,11-12,17H,5-8H2,1-4H3. The summed E-state index contributed by atoms with van der Waals surface area (Å²) in [6, 6.07) is 0. The fourth-order valence-electron chi connectivity index (χ4n) is 4.01. The summed E-state index contributed by atoms with van der Waals surface area (Å²) in [4.78, 5) is 18.7. The molecule has 1 aromatic rings. The van der Waals surface area contributed by atoms with Gasteiger partial charge in [0.15, 0.2) is 5.78 Å². The predicted molar refractivity (Wildman–Crippen MR) is 76.7 cm³/mol. The van der Waals surface area contributed by atoms with Crippen LogP contribution < -0.4 is 0 Å². The number of carbonyl (C=O) groups is 1. The summed E-state index contributed by atoms with van der Waals surface area (Å²) in [6.07, 6.45) is 2.22. The third-order valence-corrected chi connectivity index (χ3v) is 4.90. The number of hydrogen-bond acceptors (Lipinski definition) is 2. The van der Waals surface area contributed by atoms with E-state index in [-0.39, 0.29) is 5.92 Å². The van der Waals surface area contributed by atoms with E-state index in [9.17, 15) is 4.79 Å². The minimum Gasteiger partial charge on any atom is -0.362 e. The van der Waals surface area contributed by atoms with Gasteiger partial charge in [0.2, 0.25) is 0 Å². The van der Waals surface area contributed by atoms with Gasteiger partial charge >= 0.3 is 0 Å². The number of piperidine rings is 1. The van der Waals surface area contributed by atoms with Gasteiger partial charge in [0.25, 0.3) is 0 Å². The maximum atomic E-state index is 12.9. The minimum atomic E-state index is 0.221. The molecule has 0 radical (unpaired) electrons. The molecule has 2 aliphatic rings. The van der Waals surface area contributed by atoms with Crippen LogP contribution in [0.25, 0.3) is 0 Å². The molecule has 0 aromatic carbocycles. The molecule has 1 aliphatic carbocycles. The number of likely N-dealkylation sites (tertiary alicyclic amines) is 1. The summed E-state index contributed by atoms with van der Waals surface area (Å²) in [6.45, 7) is 8.54. The van der Waals surface area contributed by atoms with Crippen LogP contribution in [0.1, 0.15) is 53.5 Å². The van der Waals surface area contributed by atoms with Crippen LogP contribution in [0.5, 0.6) is 0 Å². The number of aromatic amines is 1. The average molecular weight is 260 g/mol. The van der Waals surface area contributed by atoms with E-state index < -0.39 is 0 Å². The molecule has 1 N–H and O–H groups in total. The first-order valence-electron chi connectivity index (χ1n) is 7.43. The molecule has 3 rings (SSSR count). The Morgan fingerprint density at radius 2 is 2.11 bits per heavy atom. The van der Waals surface area contributed by atoms with Crippen molar-refractivity contribution >= 4 is 5.78 Å². The molecule has 2 atom stereocenters. The second-order valence-electron chi connectivity index (χ2n) is 6.66. The van der Waals surface area contributed by atoms with Crippen LogP contribution in [0.3, 0.4) is 0 Å². The smallest absolute Gasteiger partial charge is 0.169 e. The Balaban J connectivity index is 2.05. The lowest BCUT2D eigenvalue weighted by Crippen LogP contribution is -2.45. The SMILES string of the molecule is Cc1[nH]c2c(c1C(C)C)C(=O)C1CN(C)CCC1C2. The number of Topliss-reactive ketones (excluding diaryl/α,β-unsaturated/α-hetero) is 1. The van der Waals surface area contributed by atoms with E-state index in [4.69, 9.17) is 0 Å². The van der Waals surface area contributed by atoms with Crippen molar-refractivity contribution in [1.82, 2.24) is 9.88 Å². The molecule has 2 heterocycles. The van der Waals surface area contributed by atoms with Gasteiger partial charge in [-0.05, 0) is 50.8 Å². The van der Waals surface area contributed by atoms with Gasteiger partial charge in [0.05, 0.1) is 0 Å². The Kier molecular flexibility index (Phi) is 3.05. The molecule has 1 saturated heterocycles. The molecule has 104 valence electrons. The van der Waals surface area contributed by atoms with Crippen LogP contribution >= 0.6 is 0 Å². The molecule has 1 aromatic heterocycles. The van der Waals surface area contributed by atoms with Crippen molar-refractivity contribution in [2.75, 3.05) is 20.1 Å². The third-order valence-electron chi connectivity index (χ3n) is 4.90. The molecule has 3 nitrogen and oxygen atoms in total. The predicted octanol–water partition coefficient (Wildman–Crippen LogP) is 2.75. The summed E-state index contributed by atoms with van der Waals surface area (Å²) >= 11 is 0. The molecule has 1 fully saturated rings. The van der Waals surface area contributed by atoms with Crippen LogP contribution in [0.4, 0.5) is 0 Å². The van der Waals surface area contributed by atoms with Crippen molar-refractivity contribution in [3.05, 3.63) is 22.5 Å². The number of carbonyl (C=O) groups excluding carboxylic acids is 1. The Morgan fingerprint density at radius 1 is 1.37 bits per heavy atom. The van der Waals surface area contributed by atoms with E-state index in [2.05, 4.69) is 37.7 Å². The summed E-state index contributed by atoms with van der Waals surface area (Å²) in [5.74, 6) is 1.58. The molecule has 19 heavy (non-hydrogen) atoms. The highest BCUT2D eigenvalue weighted by atomic mass is 16.1. The zero-order valence-corrected chi connectivity index (χ0v) is 12.4.